The zero-order chi connectivity index (χ0) is 17.1. The summed E-state index contributed by atoms with van der Waals surface area (Å²) in [4.78, 5) is 0. The average Bonchev–Trinajstić information content (AvgIpc) is 2.46. The first-order valence-corrected chi connectivity index (χ1v) is 9.43. The van der Waals surface area contributed by atoms with Crippen molar-refractivity contribution in [3.8, 4) is 17.6 Å². The lowest BCUT2D eigenvalue weighted by molar-refractivity contribution is -0.137. The van der Waals surface area contributed by atoms with Gasteiger partial charge in [-0.15, -0.1) is 0 Å². The summed E-state index contributed by atoms with van der Waals surface area (Å²) >= 11 is 5.23. The van der Waals surface area contributed by atoms with Crippen molar-refractivity contribution in [3.63, 3.8) is 0 Å². The molecule has 8 heteroatoms. The molecule has 3 nitrogen and oxygen atoms in total. The summed E-state index contributed by atoms with van der Waals surface area (Å²) in [6.45, 7) is -1.33. The SMILES string of the molecule is CP(=S)(Oc1ccccc1)Oc1ccc(C#N)c(C(F)(F)F)c1. The molecule has 0 heterocycles. The molecule has 120 valence electrons. The Morgan fingerprint density at radius 1 is 1.04 bits per heavy atom. The van der Waals surface area contributed by atoms with E-state index in [0.717, 1.165) is 12.1 Å². The number of alkyl halides is 3. The van der Waals surface area contributed by atoms with Gasteiger partial charge < -0.3 is 9.05 Å². The van der Waals surface area contributed by atoms with Crippen LogP contribution in [0.25, 0.3) is 0 Å². The monoisotopic (exact) mass is 357 g/mol. The van der Waals surface area contributed by atoms with Crippen LogP contribution < -0.4 is 9.05 Å². The van der Waals surface area contributed by atoms with Gasteiger partial charge in [-0.1, -0.05) is 18.2 Å². The lowest BCUT2D eigenvalue weighted by atomic mass is 10.1. The van der Waals surface area contributed by atoms with E-state index >= 15 is 0 Å². The molecular weight excluding hydrogens is 346 g/mol. The van der Waals surface area contributed by atoms with Gasteiger partial charge in [0.15, 0.2) is 0 Å². The third-order valence-corrected chi connectivity index (χ3v) is 4.23. The molecule has 0 aliphatic heterocycles. The minimum atomic E-state index is -4.65. The third kappa shape index (κ3) is 4.72. The molecule has 0 saturated carbocycles. The van der Waals surface area contributed by atoms with Gasteiger partial charge in [0.25, 0.3) is 6.49 Å². The van der Waals surface area contributed by atoms with Gasteiger partial charge in [0.1, 0.15) is 11.5 Å². The molecule has 1 unspecified atom stereocenters. The topological polar surface area (TPSA) is 42.2 Å². The largest absolute Gasteiger partial charge is 0.435 e. The van der Waals surface area contributed by atoms with E-state index in [1.165, 1.54) is 18.8 Å². The summed E-state index contributed by atoms with van der Waals surface area (Å²) in [5.74, 6) is 0.390. The quantitative estimate of drug-likeness (QED) is 0.724. The molecule has 2 aromatic rings. The van der Waals surface area contributed by atoms with E-state index in [2.05, 4.69) is 0 Å². The van der Waals surface area contributed by atoms with Gasteiger partial charge in [-0.05, 0) is 42.1 Å². The molecule has 0 amide bonds. The zero-order valence-corrected chi connectivity index (χ0v) is 13.6. The van der Waals surface area contributed by atoms with Crippen LogP contribution in [0.2, 0.25) is 0 Å². The predicted molar refractivity (Wildman–Crippen MR) is 84.1 cm³/mol. The van der Waals surface area contributed by atoms with Crippen molar-refractivity contribution in [3.05, 3.63) is 59.7 Å². The standard InChI is InChI=1S/C15H11F3NO2PS/c1-22(23,20-12-5-3-2-4-6-12)21-13-8-7-11(10-19)14(9-13)15(16,17)18/h2-9H,1H3. The molecule has 0 aliphatic carbocycles. The molecule has 0 bridgehead atoms. The molecule has 0 aromatic heterocycles. The molecular formula is C15H11F3NO2PS. The molecule has 0 N–H and O–H groups in total. The van der Waals surface area contributed by atoms with Crippen LogP contribution in [-0.4, -0.2) is 6.66 Å². The van der Waals surface area contributed by atoms with Crippen LogP contribution in [0.1, 0.15) is 11.1 Å². The zero-order valence-electron chi connectivity index (χ0n) is 11.9. The second kappa shape index (κ2) is 6.61. The maximum Gasteiger partial charge on any atom is 0.417 e. The summed E-state index contributed by atoms with van der Waals surface area (Å²) in [5, 5.41) is 8.77. The Bertz CT molecular complexity index is 788. The summed E-state index contributed by atoms with van der Waals surface area (Å²) in [6.07, 6.45) is -4.65. The highest BCUT2D eigenvalue weighted by Gasteiger charge is 2.34. The first kappa shape index (κ1) is 17.3. The molecule has 0 aliphatic rings. The van der Waals surface area contributed by atoms with Crippen molar-refractivity contribution < 1.29 is 22.2 Å². The normalized spacial score (nSPS) is 13.7. The smallest absolute Gasteiger partial charge is 0.417 e. The Balaban J connectivity index is 2.26. The fourth-order valence-electron chi connectivity index (χ4n) is 1.80. The fourth-order valence-corrected chi connectivity index (χ4v) is 3.35. The molecule has 0 saturated heterocycles. The van der Waals surface area contributed by atoms with Gasteiger partial charge >= 0.3 is 6.18 Å². The lowest BCUT2D eigenvalue weighted by Crippen LogP contribution is -2.08. The first-order valence-electron chi connectivity index (χ1n) is 6.34. The summed E-state index contributed by atoms with van der Waals surface area (Å²) < 4.78 is 49.8. The molecule has 2 aromatic carbocycles. The van der Waals surface area contributed by atoms with Gasteiger partial charge in [-0.3, -0.25) is 0 Å². The molecule has 23 heavy (non-hydrogen) atoms. The Morgan fingerprint density at radius 3 is 2.22 bits per heavy atom. The fraction of sp³-hybridized carbons (Fsp3) is 0.133. The first-order chi connectivity index (χ1) is 10.7. The minimum Gasteiger partial charge on any atom is -0.435 e. The number of hydrogen-bond donors (Lipinski definition) is 0. The Hall–Kier alpha value is -2.03. The van der Waals surface area contributed by atoms with Crippen LogP contribution in [-0.2, 0) is 18.0 Å². The Kier molecular flexibility index (Phi) is 4.98. The predicted octanol–water partition coefficient (Wildman–Crippen LogP) is 4.97. The molecule has 0 spiro atoms. The van der Waals surface area contributed by atoms with Gasteiger partial charge in [0.2, 0.25) is 0 Å². The van der Waals surface area contributed by atoms with Crippen molar-refractivity contribution in [2.45, 2.75) is 6.18 Å². The number of halogens is 3. The van der Waals surface area contributed by atoms with Gasteiger partial charge in [0, 0.05) is 6.66 Å². The van der Waals surface area contributed by atoms with Gasteiger partial charge in [-0.25, -0.2) is 0 Å². The third-order valence-electron chi connectivity index (χ3n) is 2.70. The van der Waals surface area contributed by atoms with Crippen LogP contribution in [0.3, 0.4) is 0 Å². The minimum absolute atomic E-state index is 0.0851. The van der Waals surface area contributed by atoms with Crippen molar-refractivity contribution in [2.75, 3.05) is 6.66 Å². The Labute approximate surface area is 136 Å². The van der Waals surface area contributed by atoms with E-state index in [0.29, 0.717) is 5.75 Å². The second-order valence-corrected chi connectivity index (χ2v) is 8.48. The van der Waals surface area contributed by atoms with E-state index < -0.39 is 23.8 Å². The molecule has 1 atom stereocenters. The van der Waals surface area contributed by atoms with E-state index in [4.69, 9.17) is 26.1 Å². The Morgan fingerprint density at radius 2 is 1.65 bits per heavy atom. The van der Waals surface area contributed by atoms with Crippen molar-refractivity contribution >= 4 is 18.3 Å². The number of benzene rings is 2. The average molecular weight is 357 g/mol. The van der Waals surface area contributed by atoms with Gasteiger partial charge in [-0.2, -0.15) is 18.4 Å². The van der Waals surface area contributed by atoms with Crippen molar-refractivity contribution in [1.29, 1.82) is 5.26 Å². The summed E-state index contributed by atoms with van der Waals surface area (Å²) in [6, 6.07) is 13.2. The van der Waals surface area contributed by atoms with Crippen molar-refractivity contribution in [2.24, 2.45) is 0 Å². The highest BCUT2D eigenvalue weighted by Crippen LogP contribution is 2.46. The van der Waals surface area contributed by atoms with E-state index in [-0.39, 0.29) is 5.75 Å². The number of rotatable bonds is 4. The highest BCUT2D eigenvalue weighted by molar-refractivity contribution is 8.09. The number of nitriles is 1. The summed E-state index contributed by atoms with van der Waals surface area (Å²) in [7, 11) is 0. The number of para-hydroxylation sites is 1. The van der Waals surface area contributed by atoms with Gasteiger partial charge in [0.05, 0.1) is 17.2 Å². The number of nitrogens with zero attached hydrogens (tertiary/aromatic N) is 1. The highest BCUT2D eigenvalue weighted by atomic mass is 32.5. The molecule has 0 radical (unpaired) electrons. The van der Waals surface area contributed by atoms with Crippen LogP contribution in [0.4, 0.5) is 13.2 Å². The maximum atomic E-state index is 12.9. The molecule has 0 fully saturated rings. The number of hydrogen-bond acceptors (Lipinski definition) is 4. The maximum absolute atomic E-state index is 12.9. The van der Waals surface area contributed by atoms with Crippen LogP contribution in [0.15, 0.2) is 48.5 Å². The molecule has 2 rings (SSSR count). The van der Waals surface area contributed by atoms with Crippen LogP contribution in [0, 0.1) is 11.3 Å². The second-order valence-electron chi connectivity index (χ2n) is 4.58. The van der Waals surface area contributed by atoms with E-state index in [1.807, 2.05) is 0 Å². The lowest BCUT2D eigenvalue weighted by Gasteiger charge is -2.20. The van der Waals surface area contributed by atoms with E-state index in [1.54, 1.807) is 30.3 Å². The van der Waals surface area contributed by atoms with Crippen LogP contribution >= 0.6 is 6.49 Å². The van der Waals surface area contributed by atoms with Crippen molar-refractivity contribution in [1.82, 2.24) is 0 Å². The summed E-state index contributed by atoms with van der Waals surface area (Å²) in [5.41, 5.74) is -1.54. The van der Waals surface area contributed by atoms with E-state index in [9.17, 15) is 13.2 Å². The van der Waals surface area contributed by atoms with Crippen LogP contribution in [0.5, 0.6) is 11.5 Å².